The molecule has 1 unspecified atom stereocenters. The highest BCUT2D eigenvalue weighted by Crippen LogP contribution is 2.51. The van der Waals surface area contributed by atoms with Crippen LogP contribution in [0.3, 0.4) is 0 Å². The molecule has 2 amide bonds. The van der Waals surface area contributed by atoms with E-state index in [2.05, 4.69) is 11.0 Å². The number of unbranched alkanes of at least 4 members (excludes halogenated alkanes) is 1. The maximum absolute atomic E-state index is 14.3. The van der Waals surface area contributed by atoms with E-state index in [9.17, 15) is 28.0 Å². The van der Waals surface area contributed by atoms with Crippen LogP contribution in [-0.2, 0) is 21.4 Å². The smallest absolute Gasteiger partial charge is 0.344 e. The number of allylic oxidation sites excluding steroid dienone is 3. The van der Waals surface area contributed by atoms with Gasteiger partial charge in [-0.15, -0.1) is 0 Å². The van der Waals surface area contributed by atoms with Crippen molar-refractivity contribution in [1.82, 2.24) is 4.90 Å². The largest absolute Gasteiger partial charge is 0.418 e. The number of aryl methyl sites for hydroxylation is 1. The second-order valence-corrected chi connectivity index (χ2v) is 10.8. The van der Waals surface area contributed by atoms with Gasteiger partial charge in [-0.25, -0.2) is 0 Å². The van der Waals surface area contributed by atoms with Crippen LogP contribution in [0.1, 0.15) is 70.9 Å². The zero-order chi connectivity index (χ0) is 27.8. The maximum Gasteiger partial charge on any atom is 0.418 e. The molecular formula is C30H34F3N3O2. The van der Waals surface area contributed by atoms with E-state index in [0.717, 1.165) is 60.5 Å². The van der Waals surface area contributed by atoms with Crippen molar-refractivity contribution in [3.8, 4) is 6.07 Å². The summed E-state index contributed by atoms with van der Waals surface area (Å²) in [5.74, 6) is -2.22. The molecule has 1 atom stereocenters. The fraction of sp³-hybridized carbons (Fsp3) is 0.500. The summed E-state index contributed by atoms with van der Waals surface area (Å²) >= 11 is 0. The molecule has 38 heavy (non-hydrogen) atoms. The van der Waals surface area contributed by atoms with Crippen LogP contribution in [0, 0.1) is 17.2 Å². The first-order valence-corrected chi connectivity index (χ1v) is 13.4. The Balaban J connectivity index is 1.83. The van der Waals surface area contributed by atoms with E-state index in [-0.39, 0.29) is 12.5 Å². The van der Waals surface area contributed by atoms with Gasteiger partial charge in [0.15, 0.2) is 0 Å². The molecule has 0 aliphatic carbocycles. The lowest BCUT2D eigenvalue weighted by Crippen LogP contribution is -2.47. The van der Waals surface area contributed by atoms with Gasteiger partial charge in [0.1, 0.15) is 11.6 Å². The van der Waals surface area contributed by atoms with Crippen molar-refractivity contribution in [3.05, 3.63) is 63.9 Å². The monoisotopic (exact) mass is 525 g/mol. The lowest BCUT2D eigenvalue weighted by Gasteiger charge is -2.32. The summed E-state index contributed by atoms with van der Waals surface area (Å²) < 4.78 is 42.8. The third-order valence-electron chi connectivity index (χ3n) is 8.06. The predicted octanol–water partition coefficient (Wildman–Crippen LogP) is 6.51. The van der Waals surface area contributed by atoms with E-state index in [1.54, 1.807) is 6.08 Å². The first kappa shape index (κ1) is 27.7. The Kier molecular flexibility index (Phi) is 7.60. The number of para-hydroxylation sites is 1. The second kappa shape index (κ2) is 10.4. The van der Waals surface area contributed by atoms with Crippen molar-refractivity contribution in [1.29, 1.82) is 5.26 Å². The first-order chi connectivity index (χ1) is 18.0. The molecule has 202 valence electrons. The number of hydrogen-bond donors (Lipinski definition) is 0. The third-order valence-corrected chi connectivity index (χ3v) is 8.06. The Labute approximate surface area is 222 Å². The van der Waals surface area contributed by atoms with Crippen molar-refractivity contribution < 1.29 is 22.8 Å². The third kappa shape index (κ3) is 4.68. The number of carbonyl (C=O) groups is 2. The molecule has 0 aromatic heterocycles. The van der Waals surface area contributed by atoms with E-state index in [1.807, 2.05) is 39.8 Å². The topological polar surface area (TPSA) is 64.4 Å². The summed E-state index contributed by atoms with van der Waals surface area (Å²) in [7, 11) is 0. The molecule has 4 rings (SSSR count). The standard InChI is InChI=1S/C30H34F3N3O2/c1-5-7-10-19(6-2)18-36-27(37)21(25(30(31,32)33)22(17-34)28(36)38)14-15-24-29(3,4)23-13-8-11-20-12-9-16-35(24)26(20)23/h8,11,13-15,19H,5-7,9-10,12,16,18H2,1-4H3. The average molecular weight is 526 g/mol. The summed E-state index contributed by atoms with van der Waals surface area (Å²) in [6, 6.07) is 7.57. The number of halogens is 3. The number of rotatable bonds is 7. The SMILES string of the molecule is CCCCC(CC)CN1C(=O)C(=CC=C2N3CCCc4cccc(c43)C2(C)C)C(C(F)(F)F)=C(C#N)C1=O. The minimum atomic E-state index is -5.04. The van der Waals surface area contributed by atoms with Crippen LogP contribution in [0.4, 0.5) is 18.9 Å². The Morgan fingerprint density at radius 2 is 1.89 bits per heavy atom. The molecule has 8 heteroatoms. The van der Waals surface area contributed by atoms with Crippen LogP contribution >= 0.6 is 0 Å². The van der Waals surface area contributed by atoms with Gasteiger partial charge >= 0.3 is 6.18 Å². The van der Waals surface area contributed by atoms with Gasteiger partial charge < -0.3 is 4.90 Å². The summed E-state index contributed by atoms with van der Waals surface area (Å²) in [5.41, 5.74) is 0.548. The summed E-state index contributed by atoms with van der Waals surface area (Å²) in [6.45, 7) is 8.70. The van der Waals surface area contributed by atoms with Crippen LogP contribution in [-0.4, -0.2) is 36.0 Å². The highest BCUT2D eigenvalue weighted by Gasteiger charge is 2.49. The quantitative estimate of drug-likeness (QED) is 0.301. The van der Waals surface area contributed by atoms with Crippen molar-refractivity contribution in [3.63, 3.8) is 0 Å². The molecule has 3 aliphatic rings. The van der Waals surface area contributed by atoms with Crippen molar-refractivity contribution in [2.75, 3.05) is 18.0 Å². The minimum absolute atomic E-state index is 0.00911. The Morgan fingerprint density at radius 1 is 1.16 bits per heavy atom. The van der Waals surface area contributed by atoms with E-state index in [0.29, 0.717) is 6.42 Å². The molecule has 1 aromatic rings. The fourth-order valence-electron chi connectivity index (χ4n) is 5.95. The Hall–Kier alpha value is -3.34. The summed E-state index contributed by atoms with van der Waals surface area (Å²) in [5, 5.41) is 9.63. The number of imide groups is 1. The number of amides is 2. The fourth-order valence-corrected chi connectivity index (χ4v) is 5.95. The van der Waals surface area contributed by atoms with Gasteiger partial charge in [0.05, 0.1) is 11.1 Å². The van der Waals surface area contributed by atoms with Crippen LogP contribution in [0.2, 0.25) is 0 Å². The maximum atomic E-state index is 14.3. The molecule has 0 fully saturated rings. The minimum Gasteiger partial charge on any atom is -0.344 e. The number of carbonyl (C=O) groups excluding carboxylic acids is 2. The molecule has 0 saturated heterocycles. The van der Waals surface area contributed by atoms with Crippen LogP contribution in [0.15, 0.2) is 52.8 Å². The van der Waals surface area contributed by atoms with E-state index >= 15 is 0 Å². The lowest BCUT2D eigenvalue weighted by molar-refractivity contribution is -0.144. The molecular weight excluding hydrogens is 491 g/mol. The van der Waals surface area contributed by atoms with E-state index in [4.69, 9.17) is 0 Å². The molecule has 0 N–H and O–H groups in total. The van der Waals surface area contributed by atoms with Crippen molar-refractivity contribution in [2.24, 2.45) is 5.92 Å². The van der Waals surface area contributed by atoms with E-state index < -0.39 is 40.1 Å². The van der Waals surface area contributed by atoms with Gasteiger partial charge in [-0.1, -0.05) is 65.2 Å². The summed E-state index contributed by atoms with van der Waals surface area (Å²) in [6.07, 6.45) is 2.77. The van der Waals surface area contributed by atoms with Gasteiger partial charge in [0.25, 0.3) is 11.8 Å². The van der Waals surface area contributed by atoms with E-state index in [1.165, 1.54) is 17.7 Å². The van der Waals surface area contributed by atoms with Crippen molar-refractivity contribution >= 4 is 17.5 Å². The highest BCUT2D eigenvalue weighted by molar-refractivity contribution is 6.18. The summed E-state index contributed by atoms with van der Waals surface area (Å²) in [4.78, 5) is 29.5. The molecule has 3 aliphatic heterocycles. The van der Waals surface area contributed by atoms with Crippen LogP contribution in [0.5, 0.6) is 0 Å². The van der Waals surface area contributed by atoms with Crippen molar-refractivity contribution in [2.45, 2.75) is 77.8 Å². The average Bonchev–Trinajstić information content (AvgIpc) is 3.09. The molecule has 3 heterocycles. The number of nitrogens with zero attached hydrogens (tertiary/aromatic N) is 3. The van der Waals surface area contributed by atoms with Gasteiger partial charge in [-0.05, 0) is 48.5 Å². The molecule has 5 nitrogen and oxygen atoms in total. The lowest BCUT2D eigenvalue weighted by atomic mass is 9.82. The molecule has 0 bridgehead atoms. The number of nitriles is 1. The molecule has 0 saturated carbocycles. The molecule has 0 spiro atoms. The Morgan fingerprint density at radius 3 is 2.53 bits per heavy atom. The second-order valence-electron chi connectivity index (χ2n) is 10.8. The Bertz CT molecular complexity index is 1280. The number of hydrogen-bond acceptors (Lipinski definition) is 4. The van der Waals surface area contributed by atoms with Crippen LogP contribution < -0.4 is 4.90 Å². The van der Waals surface area contributed by atoms with Crippen LogP contribution in [0.25, 0.3) is 0 Å². The molecule has 0 radical (unpaired) electrons. The highest BCUT2D eigenvalue weighted by atomic mass is 19.4. The van der Waals surface area contributed by atoms with Gasteiger partial charge in [0.2, 0.25) is 0 Å². The van der Waals surface area contributed by atoms with Gasteiger partial charge in [0, 0.05) is 29.9 Å². The number of benzene rings is 1. The zero-order valence-corrected chi connectivity index (χ0v) is 22.4. The normalized spacial score (nSPS) is 21.8. The van der Waals surface area contributed by atoms with Gasteiger partial charge in [-0.3, -0.25) is 14.5 Å². The first-order valence-electron chi connectivity index (χ1n) is 13.4. The molecule has 1 aromatic carbocycles. The number of alkyl halides is 3. The number of anilines is 1. The predicted molar refractivity (Wildman–Crippen MR) is 140 cm³/mol. The van der Waals surface area contributed by atoms with Gasteiger partial charge in [-0.2, -0.15) is 18.4 Å². The zero-order valence-electron chi connectivity index (χ0n) is 22.4.